The third-order valence-electron chi connectivity index (χ3n) is 1.98. The molecule has 0 aliphatic carbocycles. The van der Waals surface area contributed by atoms with Gasteiger partial charge in [0, 0.05) is 12.0 Å². The predicted octanol–water partition coefficient (Wildman–Crippen LogP) is 0.0208. The molecule has 2 rings (SSSR count). The van der Waals surface area contributed by atoms with Crippen molar-refractivity contribution in [3.63, 3.8) is 0 Å². The summed E-state index contributed by atoms with van der Waals surface area (Å²) in [5.41, 5.74) is 0. The molecule has 0 aromatic carbocycles. The lowest BCUT2D eigenvalue weighted by molar-refractivity contribution is -0.137. The van der Waals surface area contributed by atoms with Crippen LogP contribution in [0.15, 0.2) is 11.1 Å². The van der Waals surface area contributed by atoms with Crippen LogP contribution in [0.4, 0.5) is 0 Å². The summed E-state index contributed by atoms with van der Waals surface area (Å²) < 4.78 is 30.1. The van der Waals surface area contributed by atoms with Crippen LogP contribution in [0.1, 0.15) is 6.42 Å². The lowest BCUT2D eigenvalue weighted by Crippen LogP contribution is -2.49. The zero-order chi connectivity index (χ0) is 9.64. The summed E-state index contributed by atoms with van der Waals surface area (Å²) in [6, 6.07) is 0. The quantitative estimate of drug-likeness (QED) is 0.499. The van der Waals surface area contributed by atoms with E-state index in [1.54, 1.807) is 0 Å². The fourth-order valence-corrected chi connectivity index (χ4v) is 3.28. The van der Waals surface area contributed by atoms with Crippen molar-refractivity contribution in [2.24, 2.45) is 0 Å². The summed E-state index contributed by atoms with van der Waals surface area (Å²) in [5, 5.41) is 0.0676. The highest BCUT2D eigenvalue weighted by Crippen LogP contribution is 2.36. The van der Waals surface area contributed by atoms with Crippen molar-refractivity contribution >= 4 is 27.8 Å². The van der Waals surface area contributed by atoms with Gasteiger partial charge < -0.3 is 4.90 Å². The summed E-state index contributed by atoms with van der Waals surface area (Å²) >= 11 is 1.35. The second-order valence-electron chi connectivity index (χ2n) is 2.84. The Morgan fingerprint density at radius 1 is 1.62 bits per heavy atom. The van der Waals surface area contributed by atoms with Gasteiger partial charge in [-0.3, -0.25) is 9.35 Å². The van der Waals surface area contributed by atoms with Crippen molar-refractivity contribution in [2.45, 2.75) is 11.8 Å². The minimum atomic E-state index is -4.13. The van der Waals surface area contributed by atoms with E-state index in [9.17, 15) is 13.2 Å². The van der Waals surface area contributed by atoms with Crippen LogP contribution < -0.4 is 0 Å². The van der Waals surface area contributed by atoms with Crippen LogP contribution in [0.2, 0.25) is 0 Å². The average Bonchev–Trinajstić information content (AvgIpc) is 2.00. The van der Waals surface area contributed by atoms with Gasteiger partial charge in [0.2, 0.25) is 5.91 Å². The van der Waals surface area contributed by atoms with E-state index in [-0.39, 0.29) is 21.9 Å². The van der Waals surface area contributed by atoms with Gasteiger partial charge in [0.15, 0.2) is 0 Å². The van der Waals surface area contributed by atoms with E-state index in [2.05, 4.69) is 0 Å². The fraction of sp³-hybridized carbons (Fsp3) is 0.500. The van der Waals surface area contributed by atoms with Crippen LogP contribution in [0.3, 0.4) is 0 Å². The number of rotatable bonds is 1. The molecule has 0 unspecified atom stereocenters. The Balaban J connectivity index is 2.29. The third-order valence-corrected chi connectivity index (χ3v) is 4.33. The van der Waals surface area contributed by atoms with Gasteiger partial charge in [-0.05, 0) is 0 Å². The number of hydrogen-bond acceptors (Lipinski definition) is 4. The summed E-state index contributed by atoms with van der Waals surface area (Å²) in [6.07, 6.45) is 1.68. The first-order valence-corrected chi connectivity index (χ1v) is 6.08. The van der Waals surface area contributed by atoms with Crippen molar-refractivity contribution in [3.05, 3.63) is 11.1 Å². The molecular weight excluding hydrogens is 214 g/mol. The molecule has 2 aliphatic rings. The molecule has 0 spiro atoms. The van der Waals surface area contributed by atoms with Crippen LogP contribution >= 0.6 is 11.8 Å². The monoisotopic (exact) mass is 221 g/mol. The number of fused-ring (bicyclic) bond motifs is 1. The number of nitrogens with zero attached hydrogens (tertiary/aromatic N) is 1. The highest BCUT2D eigenvalue weighted by molar-refractivity contribution is 8.01. The van der Waals surface area contributed by atoms with E-state index in [4.69, 9.17) is 4.55 Å². The van der Waals surface area contributed by atoms with E-state index in [1.807, 2.05) is 0 Å². The predicted molar refractivity (Wildman–Crippen MR) is 47.3 cm³/mol. The Kier molecular flexibility index (Phi) is 1.90. The molecular formula is C6H7NO4S2. The minimum absolute atomic E-state index is 0.0676. The fourth-order valence-electron chi connectivity index (χ4n) is 1.21. The smallest absolute Gasteiger partial charge is 0.292 e. The first-order valence-electron chi connectivity index (χ1n) is 3.59. The molecule has 5 nitrogen and oxygen atoms in total. The van der Waals surface area contributed by atoms with Gasteiger partial charge in [-0.2, -0.15) is 8.42 Å². The lowest BCUT2D eigenvalue weighted by atomic mass is 10.2. The van der Waals surface area contributed by atoms with Crippen molar-refractivity contribution in [1.29, 1.82) is 0 Å². The van der Waals surface area contributed by atoms with Gasteiger partial charge >= 0.3 is 0 Å². The molecule has 0 aromatic rings. The average molecular weight is 221 g/mol. The van der Waals surface area contributed by atoms with Gasteiger partial charge in [0.25, 0.3) is 10.1 Å². The van der Waals surface area contributed by atoms with Gasteiger partial charge in [0.05, 0.1) is 16.7 Å². The second kappa shape index (κ2) is 2.73. The van der Waals surface area contributed by atoms with E-state index < -0.39 is 10.1 Å². The van der Waals surface area contributed by atoms with E-state index in [0.717, 1.165) is 0 Å². The van der Waals surface area contributed by atoms with Gasteiger partial charge in [-0.1, -0.05) is 0 Å². The largest absolute Gasteiger partial charge is 0.305 e. The Morgan fingerprint density at radius 2 is 2.31 bits per heavy atom. The minimum Gasteiger partial charge on any atom is -0.305 e. The molecule has 13 heavy (non-hydrogen) atoms. The normalized spacial score (nSPS) is 27.8. The molecule has 0 aromatic heterocycles. The standard InChI is InChI=1S/C6H7NO4S2/c8-5-1-6-7(5)2-4(3-12-6)13(9,10)11/h2,6H,1,3H2,(H,9,10,11)/t6-/m1/s1. The third kappa shape index (κ3) is 1.47. The Morgan fingerprint density at radius 3 is 2.85 bits per heavy atom. The summed E-state index contributed by atoms with van der Waals surface area (Å²) in [5.74, 6) is 0.145. The topological polar surface area (TPSA) is 74.7 Å². The Bertz CT molecular complexity index is 385. The molecule has 1 N–H and O–H groups in total. The van der Waals surface area contributed by atoms with Gasteiger partial charge in [-0.25, -0.2) is 0 Å². The van der Waals surface area contributed by atoms with Crippen molar-refractivity contribution < 1.29 is 17.8 Å². The molecule has 0 radical (unpaired) electrons. The number of carbonyl (C=O) groups is 1. The maximum Gasteiger partial charge on any atom is 0.292 e. The number of β-lactam (4-membered cyclic amide) rings is 1. The molecule has 1 amide bonds. The van der Waals surface area contributed by atoms with Gasteiger partial charge in [0.1, 0.15) is 0 Å². The number of thioether (sulfide) groups is 1. The molecule has 1 atom stereocenters. The molecule has 2 heterocycles. The summed E-state index contributed by atoms with van der Waals surface area (Å²) in [6.45, 7) is 0. The highest BCUT2D eigenvalue weighted by Gasteiger charge is 2.39. The van der Waals surface area contributed by atoms with Crippen molar-refractivity contribution in [2.75, 3.05) is 5.75 Å². The first-order chi connectivity index (χ1) is 5.98. The second-order valence-corrected chi connectivity index (χ2v) is 5.48. The molecule has 1 saturated heterocycles. The van der Waals surface area contributed by atoms with Crippen molar-refractivity contribution in [3.8, 4) is 0 Å². The zero-order valence-electron chi connectivity index (χ0n) is 6.50. The molecule has 0 saturated carbocycles. The van der Waals surface area contributed by atoms with Crippen LogP contribution in [0.25, 0.3) is 0 Å². The highest BCUT2D eigenvalue weighted by atomic mass is 32.2. The maximum atomic E-state index is 10.9. The molecule has 0 bridgehead atoms. The lowest BCUT2D eigenvalue weighted by Gasteiger charge is -2.40. The zero-order valence-corrected chi connectivity index (χ0v) is 8.14. The van der Waals surface area contributed by atoms with E-state index in [1.165, 1.54) is 22.9 Å². The van der Waals surface area contributed by atoms with Gasteiger partial charge in [-0.15, -0.1) is 11.8 Å². The van der Waals surface area contributed by atoms with Crippen LogP contribution in [0, 0.1) is 0 Å². The van der Waals surface area contributed by atoms with Crippen LogP contribution in [-0.4, -0.2) is 34.9 Å². The molecule has 2 aliphatic heterocycles. The Labute approximate surface area is 79.5 Å². The molecule has 72 valence electrons. The maximum absolute atomic E-state index is 10.9. The number of hydrogen-bond donors (Lipinski definition) is 1. The van der Waals surface area contributed by atoms with Crippen LogP contribution in [-0.2, 0) is 14.9 Å². The molecule has 7 heteroatoms. The van der Waals surface area contributed by atoms with E-state index >= 15 is 0 Å². The van der Waals surface area contributed by atoms with Crippen LogP contribution in [0.5, 0.6) is 0 Å². The first kappa shape index (κ1) is 9.04. The van der Waals surface area contributed by atoms with Crippen molar-refractivity contribution in [1.82, 2.24) is 4.90 Å². The summed E-state index contributed by atoms with van der Waals surface area (Å²) in [7, 11) is -4.13. The number of carbonyl (C=O) groups excluding carboxylic acids is 1. The Hall–Kier alpha value is -0.530. The molecule has 1 fully saturated rings. The number of amides is 1. The van der Waals surface area contributed by atoms with E-state index in [0.29, 0.717) is 6.42 Å². The SMILES string of the molecule is O=C1C[C@H]2SCC(S(=O)(=O)O)=CN12. The summed E-state index contributed by atoms with van der Waals surface area (Å²) in [4.78, 5) is 12.2.